The minimum atomic E-state index is -3.81. The van der Waals surface area contributed by atoms with E-state index in [0.717, 1.165) is 48.6 Å². The zero-order valence-corrected chi connectivity index (χ0v) is 18.5. The van der Waals surface area contributed by atoms with Crippen LogP contribution in [0.25, 0.3) is 11.0 Å². The van der Waals surface area contributed by atoms with Crippen molar-refractivity contribution in [1.29, 1.82) is 0 Å². The monoisotopic (exact) mass is 439 g/mol. The fourth-order valence-corrected chi connectivity index (χ4v) is 5.71. The molecule has 0 radical (unpaired) electrons. The van der Waals surface area contributed by atoms with Crippen LogP contribution in [-0.2, 0) is 21.2 Å². The van der Waals surface area contributed by atoms with Crippen molar-refractivity contribution in [2.75, 3.05) is 49.6 Å². The number of carbonyl (C=O) groups is 1. The zero-order valence-electron chi connectivity index (χ0n) is 17.7. The van der Waals surface area contributed by atoms with Crippen molar-refractivity contribution in [2.45, 2.75) is 18.2 Å². The molecule has 0 atom stereocenters. The summed E-state index contributed by atoms with van der Waals surface area (Å²) in [4.78, 5) is 22.9. The molecule has 8 nitrogen and oxygen atoms in total. The van der Waals surface area contributed by atoms with Crippen molar-refractivity contribution in [3.63, 3.8) is 0 Å². The Bertz CT molecular complexity index is 1280. The number of amides is 1. The molecule has 2 aromatic heterocycles. The number of aromatic nitrogens is 2. The summed E-state index contributed by atoms with van der Waals surface area (Å²) >= 11 is 0. The Morgan fingerprint density at radius 3 is 2.52 bits per heavy atom. The summed E-state index contributed by atoms with van der Waals surface area (Å²) in [6.07, 6.45) is 2.21. The van der Waals surface area contributed by atoms with Gasteiger partial charge in [0.25, 0.3) is 10.0 Å². The van der Waals surface area contributed by atoms with E-state index < -0.39 is 10.0 Å². The average Bonchev–Trinajstić information content (AvgIpc) is 3.38. The maximum absolute atomic E-state index is 13.5. The predicted octanol–water partition coefficient (Wildman–Crippen LogP) is 1.93. The first-order valence-corrected chi connectivity index (χ1v) is 11.9. The minimum Gasteiger partial charge on any atom is -0.354 e. The van der Waals surface area contributed by atoms with E-state index in [4.69, 9.17) is 4.98 Å². The molecule has 0 spiro atoms. The van der Waals surface area contributed by atoms with Gasteiger partial charge in [0.2, 0.25) is 5.91 Å². The number of piperazine rings is 1. The second kappa shape index (κ2) is 7.35. The van der Waals surface area contributed by atoms with Gasteiger partial charge in [-0.1, -0.05) is 0 Å². The molecule has 9 heteroatoms. The van der Waals surface area contributed by atoms with Crippen molar-refractivity contribution >= 4 is 38.5 Å². The van der Waals surface area contributed by atoms with Crippen LogP contribution >= 0.6 is 0 Å². The number of rotatable bonds is 3. The molecule has 4 heterocycles. The summed E-state index contributed by atoms with van der Waals surface area (Å²) in [5.41, 5.74) is 2.10. The van der Waals surface area contributed by atoms with Crippen LogP contribution < -0.4 is 9.80 Å². The van der Waals surface area contributed by atoms with Gasteiger partial charge in [0.1, 0.15) is 5.82 Å². The van der Waals surface area contributed by atoms with Crippen molar-refractivity contribution in [3.8, 4) is 0 Å². The van der Waals surface area contributed by atoms with Crippen LogP contribution in [0.3, 0.4) is 0 Å². The molecule has 5 rings (SSSR count). The van der Waals surface area contributed by atoms with Crippen molar-refractivity contribution in [3.05, 3.63) is 48.2 Å². The molecular weight excluding hydrogens is 414 g/mol. The Labute approximate surface area is 181 Å². The van der Waals surface area contributed by atoms with Crippen LogP contribution in [0.4, 0.5) is 11.5 Å². The van der Waals surface area contributed by atoms with Gasteiger partial charge in [-0.25, -0.2) is 17.4 Å². The molecule has 162 valence electrons. The molecule has 1 amide bonds. The summed E-state index contributed by atoms with van der Waals surface area (Å²) in [5.74, 6) is 0.758. The van der Waals surface area contributed by atoms with Gasteiger partial charge in [0.15, 0.2) is 5.65 Å². The number of likely N-dealkylation sites (N-methyl/N-ethyl adjacent to an activating group) is 1. The first-order chi connectivity index (χ1) is 14.8. The van der Waals surface area contributed by atoms with Gasteiger partial charge in [-0.15, -0.1) is 0 Å². The first kappa shape index (κ1) is 20.0. The summed E-state index contributed by atoms with van der Waals surface area (Å²) in [5, 5.41) is 0.783. The molecule has 1 saturated heterocycles. The van der Waals surface area contributed by atoms with Crippen LogP contribution in [0.5, 0.6) is 0 Å². The highest BCUT2D eigenvalue weighted by Crippen LogP contribution is 2.32. The minimum absolute atomic E-state index is 0.0357. The van der Waals surface area contributed by atoms with Crippen molar-refractivity contribution in [1.82, 2.24) is 13.9 Å². The second-order valence-electron chi connectivity index (χ2n) is 8.20. The number of fused-ring (bicyclic) bond motifs is 2. The van der Waals surface area contributed by atoms with Gasteiger partial charge in [0, 0.05) is 56.9 Å². The summed E-state index contributed by atoms with van der Waals surface area (Å²) < 4.78 is 28.2. The predicted molar refractivity (Wildman–Crippen MR) is 120 cm³/mol. The highest BCUT2D eigenvalue weighted by Gasteiger charge is 2.27. The van der Waals surface area contributed by atoms with Gasteiger partial charge in [-0.3, -0.25) is 4.79 Å². The van der Waals surface area contributed by atoms with E-state index in [2.05, 4.69) is 16.8 Å². The molecule has 0 N–H and O–H groups in total. The molecule has 0 unspecified atom stereocenters. The topological polar surface area (TPSA) is 78.8 Å². The van der Waals surface area contributed by atoms with Gasteiger partial charge in [-0.2, -0.15) is 0 Å². The summed E-state index contributed by atoms with van der Waals surface area (Å²) in [6, 6.07) is 10.6. The van der Waals surface area contributed by atoms with E-state index in [1.807, 2.05) is 12.1 Å². The van der Waals surface area contributed by atoms with Gasteiger partial charge < -0.3 is 14.7 Å². The lowest BCUT2D eigenvalue weighted by Crippen LogP contribution is -2.44. The third-order valence-corrected chi connectivity index (χ3v) is 7.86. The molecule has 31 heavy (non-hydrogen) atoms. The van der Waals surface area contributed by atoms with Gasteiger partial charge >= 0.3 is 0 Å². The van der Waals surface area contributed by atoms with E-state index >= 15 is 0 Å². The fourth-order valence-electron chi connectivity index (χ4n) is 4.36. The lowest BCUT2D eigenvalue weighted by molar-refractivity contribution is -0.116. The molecule has 1 aromatic carbocycles. The van der Waals surface area contributed by atoms with Crippen LogP contribution in [0.2, 0.25) is 0 Å². The second-order valence-corrected chi connectivity index (χ2v) is 10.0. The summed E-state index contributed by atoms with van der Waals surface area (Å²) in [7, 11) is -1.72. The molecule has 2 aliphatic heterocycles. The molecule has 1 fully saturated rings. The molecular formula is C22H25N5O3S. The maximum Gasteiger partial charge on any atom is 0.269 e. The molecule has 0 bridgehead atoms. The van der Waals surface area contributed by atoms with Gasteiger partial charge in [0.05, 0.1) is 4.90 Å². The van der Waals surface area contributed by atoms with Crippen molar-refractivity contribution in [2.24, 2.45) is 0 Å². The third-order valence-electron chi connectivity index (χ3n) is 6.20. The number of hydrogen-bond donors (Lipinski definition) is 0. The molecule has 0 aliphatic carbocycles. The Kier molecular flexibility index (Phi) is 4.75. The number of benzene rings is 1. The Hall–Kier alpha value is -2.91. The number of carbonyl (C=O) groups excluding carboxylic acids is 1. The number of hydrogen-bond acceptors (Lipinski definition) is 6. The van der Waals surface area contributed by atoms with E-state index in [1.165, 1.54) is 10.9 Å². The fraction of sp³-hybridized carbons (Fsp3) is 0.364. The number of nitrogens with zero attached hydrogens (tertiary/aromatic N) is 5. The number of pyridine rings is 1. The Balaban J connectivity index is 1.53. The lowest BCUT2D eigenvalue weighted by atomic mass is 10.2. The SMILES string of the molecule is CC(=O)N1CCc2cc(S(=O)(=O)n3ccc4ccc(N5CCN(C)CC5)nc43)ccc21. The zero-order chi connectivity index (χ0) is 21.8. The van der Waals surface area contributed by atoms with Gasteiger partial charge in [-0.05, 0) is 55.4 Å². The highest BCUT2D eigenvalue weighted by atomic mass is 32.2. The Morgan fingerprint density at radius 1 is 1.00 bits per heavy atom. The molecule has 0 saturated carbocycles. The van der Waals surface area contributed by atoms with E-state index in [0.29, 0.717) is 18.6 Å². The molecule has 3 aromatic rings. The van der Waals surface area contributed by atoms with E-state index in [-0.39, 0.29) is 10.8 Å². The van der Waals surface area contributed by atoms with Crippen LogP contribution in [0, 0.1) is 0 Å². The number of anilines is 2. The smallest absolute Gasteiger partial charge is 0.269 e. The van der Waals surface area contributed by atoms with Crippen molar-refractivity contribution < 1.29 is 13.2 Å². The largest absolute Gasteiger partial charge is 0.354 e. The maximum atomic E-state index is 13.5. The van der Waals surface area contributed by atoms with Crippen LogP contribution in [-0.4, -0.2) is 68.0 Å². The highest BCUT2D eigenvalue weighted by molar-refractivity contribution is 7.90. The first-order valence-electron chi connectivity index (χ1n) is 10.4. The quantitative estimate of drug-likeness (QED) is 0.621. The van der Waals surface area contributed by atoms with E-state index in [9.17, 15) is 13.2 Å². The summed E-state index contributed by atoms with van der Waals surface area (Å²) in [6.45, 7) is 5.72. The normalized spacial score (nSPS) is 17.4. The molecule has 2 aliphatic rings. The average molecular weight is 440 g/mol. The third kappa shape index (κ3) is 3.37. The van der Waals surface area contributed by atoms with Crippen LogP contribution in [0.1, 0.15) is 12.5 Å². The Morgan fingerprint density at radius 2 is 1.77 bits per heavy atom. The van der Waals surface area contributed by atoms with Crippen LogP contribution in [0.15, 0.2) is 47.5 Å². The lowest BCUT2D eigenvalue weighted by Gasteiger charge is -2.33. The van der Waals surface area contributed by atoms with E-state index in [1.54, 1.807) is 35.4 Å². The standard InChI is InChI=1S/C22H25N5O3S/c1-16(28)26-9-7-18-15-19(4-5-20(18)26)31(29,30)27-10-8-17-3-6-21(23-22(17)27)25-13-11-24(2)12-14-25/h3-6,8,10,15H,7,9,11-14H2,1-2H3.